The predicted octanol–water partition coefficient (Wildman–Crippen LogP) is 1.43. The number of nitrogens with zero attached hydrogens (tertiary/aromatic N) is 2. The van der Waals surface area contributed by atoms with Crippen molar-refractivity contribution in [1.82, 2.24) is 20.5 Å². The van der Waals surface area contributed by atoms with Crippen LogP contribution in [0.2, 0.25) is 0 Å². The summed E-state index contributed by atoms with van der Waals surface area (Å²) in [5, 5.41) is 5.26. The molecule has 3 rings (SSSR count). The molecule has 4 amide bonds. The average Bonchev–Trinajstić information content (AvgIpc) is 2.94. The van der Waals surface area contributed by atoms with E-state index in [-0.39, 0.29) is 24.7 Å². The fourth-order valence-electron chi connectivity index (χ4n) is 2.99. The van der Waals surface area contributed by atoms with Crippen LogP contribution in [0.4, 0.5) is 9.18 Å². The van der Waals surface area contributed by atoms with E-state index in [0.717, 1.165) is 10.6 Å². The first-order valence-electron chi connectivity index (χ1n) is 9.06. The smallest absolute Gasteiger partial charge is 0.324 e. The van der Waals surface area contributed by atoms with Gasteiger partial charge in [0.1, 0.15) is 11.9 Å². The van der Waals surface area contributed by atoms with Crippen LogP contribution < -0.4 is 10.6 Å². The van der Waals surface area contributed by atoms with Crippen LogP contribution in [0.3, 0.4) is 0 Å². The van der Waals surface area contributed by atoms with Crippen molar-refractivity contribution in [2.24, 2.45) is 0 Å². The number of hydrogen-bond acceptors (Lipinski definition) is 4. The van der Waals surface area contributed by atoms with E-state index in [9.17, 15) is 18.8 Å². The van der Waals surface area contributed by atoms with E-state index in [1.165, 1.54) is 12.1 Å². The number of urea groups is 1. The zero-order chi connectivity index (χ0) is 19.9. The topological polar surface area (TPSA) is 91.4 Å². The summed E-state index contributed by atoms with van der Waals surface area (Å²) >= 11 is 0. The highest BCUT2D eigenvalue weighted by Gasteiger charge is 2.38. The van der Waals surface area contributed by atoms with E-state index < -0.39 is 18.0 Å². The second-order valence-electron chi connectivity index (χ2n) is 6.50. The number of carbonyl (C=O) groups excluding carboxylic acids is 3. The second kappa shape index (κ2) is 9.07. The van der Waals surface area contributed by atoms with Gasteiger partial charge >= 0.3 is 6.03 Å². The molecule has 0 spiro atoms. The number of aromatic nitrogens is 1. The summed E-state index contributed by atoms with van der Waals surface area (Å²) in [6, 6.07) is 10.1. The van der Waals surface area contributed by atoms with Crippen LogP contribution in [0, 0.1) is 5.82 Å². The standard InChI is InChI=1S/C20H21FN4O3/c21-15-5-3-4-14(12-15)8-11-25-19(27)17(24-20(25)28)13-18(26)23-10-7-16-6-1-2-9-22-16/h1-6,9,12,17H,7-8,10-11,13H2,(H,23,26)(H,24,28). The number of nitrogens with one attached hydrogen (secondary N) is 2. The molecule has 7 nitrogen and oxygen atoms in total. The lowest BCUT2D eigenvalue weighted by Crippen LogP contribution is -2.37. The Morgan fingerprint density at radius 2 is 2.04 bits per heavy atom. The molecule has 2 N–H and O–H groups in total. The Hall–Kier alpha value is -3.29. The van der Waals surface area contributed by atoms with Crippen LogP contribution in [-0.4, -0.2) is 46.9 Å². The number of halogens is 1. The van der Waals surface area contributed by atoms with Gasteiger partial charge in [0.25, 0.3) is 5.91 Å². The lowest BCUT2D eigenvalue weighted by molar-refractivity contribution is -0.130. The highest BCUT2D eigenvalue weighted by Crippen LogP contribution is 2.12. The number of imide groups is 1. The van der Waals surface area contributed by atoms with Crippen LogP contribution in [0.15, 0.2) is 48.7 Å². The molecule has 1 aromatic carbocycles. The van der Waals surface area contributed by atoms with Gasteiger partial charge < -0.3 is 10.6 Å². The molecule has 1 aliphatic rings. The summed E-state index contributed by atoms with van der Waals surface area (Å²) in [5.41, 5.74) is 1.55. The van der Waals surface area contributed by atoms with E-state index >= 15 is 0 Å². The fourth-order valence-corrected chi connectivity index (χ4v) is 2.99. The van der Waals surface area contributed by atoms with Crippen LogP contribution >= 0.6 is 0 Å². The van der Waals surface area contributed by atoms with Crippen LogP contribution in [-0.2, 0) is 22.4 Å². The van der Waals surface area contributed by atoms with Crippen molar-refractivity contribution < 1.29 is 18.8 Å². The quantitative estimate of drug-likeness (QED) is 0.674. The number of amides is 4. The van der Waals surface area contributed by atoms with Gasteiger partial charge in [0, 0.05) is 31.4 Å². The molecule has 0 bridgehead atoms. The Labute approximate surface area is 161 Å². The van der Waals surface area contributed by atoms with Crippen LogP contribution in [0.5, 0.6) is 0 Å². The third kappa shape index (κ3) is 5.12. The lowest BCUT2D eigenvalue weighted by atomic mass is 10.1. The summed E-state index contributed by atoms with van der Waals surface area (Å²) in [4.78, 5) is 41.8. The average molecular weight is 384 g/mol. The number of hydrogen-bond donors (Lipinski definition) is 2. The van der Waals surface area contributed by atoms with E-state index in [1.54, 1.807) is 18.3 Å². The Kier molecular flexibility index (Phi) is 6.31. The number of benzene rings is 1. The lowest BCUT2D eigenvalue weighted by Gasteiger charge is -2.13. The summed E-state index contributed by atoms with van der Waals surface area (Å²) in [6.45, 7) is 0.528. The Balaban J connectivity index is 1.45. The van der Waals surface area contributed by atoms with Gasteiger partial charge in [0.15, 0.2) is 0 Å². The first-order chi connectivity index (χ1) is 13.5. The first-order valence-corrected chi connectivity index (χ1v) is 9.06. The molecular weight excluding hydrogens is 363 g/mol. The summed E-state index contributed by atoms with van der Waals surface area (Å²) in [7, 11) is 0. The van der Waals surface area contributed by atoms with E-state index in [2.05, 4.69) is 15.6 Å². The largest absolute Gasteiger partial charge is 0.356 e. The summed E-state index contributed by atoms with van der Waals surface area (Å²) in [5.74, 6) is -1.13. The second-order valence-corrected chi connectivity index (χ2v) is 6.50. The molecule has 8 heteroatoms. The van der Waals surface area contributed by atoms with Gasteiger partial charge in [-0.05, 0) is 36.2 Å². The molecule has 1 aliphatic heterocycles. The van der Waals surface area contributed by atoms with Crippen molar-refractivity contribution in [3.63, 3.8) is 0 Å². The first kappa shape index (κ1) is 19.5. The van der Waals surface area contributed by atoms with E-state index in [4.69, 9.17) is 0 Å². The van der Waals surface area contributed by atoms with Crippen LogP contribution in [0.1, 0.15) is 17.7 Å². The van der Waals surface area contributed by atoms with Gasteiger partial charge in [-0.3, -0.25) is 19.5 Å². The molecule has 28 heavy (non-hydrogen) atoms. The van der Waals surface area contributed by atoms with Gasteiger partial charge in [-0.1, -0.05) is 18.2 Å². The molecule has 2 aromatic rings. The molecule has 1 unspecified atom stereocenters. The van der Waals surface area contributed by atoms with Crippen molar-refractivity contribution in [2.75, 3.05) is 13.1 Å². The monoisotopic (exact) mass is 384 g/mol. The van der Waals surface area contributed by atoms with E-state index in [0.29, 0.717) is 24.9 Å². The maximum atomic E-state index is 13.2. The minimum absolute atomic E-state index is 0.122. The molecule has 2 heterocycles. The summed E-state index contributed by atoms with van der Waals surface area (Å²) in [6.07, 6.45) is 2.49. The Morgan fingerprint density at radius 1 is 1.18 bits per heavy atom. The van der Waals surface area contributed by atoms with Gasteiger partial charge in [-0.25, -0.2) is 9.18 Å². The number of carbonyl (C=O) groups is 3. The maximum absolute atomic E-state index is 13.2. The highest BCUT2D eigenvalue weighted by molar-refractivity contribution is 6.05. The molecule has 1 saturated heterocycles. The molecule has 146 valence electrons. The van der Waals surface area contributed by atoms with Crippen LogP contribution in [0.25, 0.3) is 0 Å². The number of rotatable bonds is 8. The zero-order valence-corrected chi connectivity index (χ0v) is 15.2. The molecule has 1 atom stereocenters. The van der Waals surface area contributed by atoms with E-state index in [1.807, 2.05) is 18.2 Å². The molecule has 0 saturated carbocycles. The predicted molar refractivity (Wildman–Crippen MR) is 99.7 cm³/mol. The maximum Gasteiger partial charge on any atom is 0.324 e. The molecule has 0 aliphatic carbocycles. The molecule has 1 fully saturated rings. The highest BCUT2D eigenvalue weighted by atomic mass is 19.1. The van der Waals surface area contributed by atoms with Gasteiger partial charge in [-0.2, -0.15) is 0 Å². The molecular formula is C20H21FN4O3. The Morgan fingerprint density at radius 3 is 2.79 bits per heavy atom. The normalized spacial score (nSPS) is 16.2. The molecule has 1 aromatic heterocycles. The van der Waals surface area contributed by atoms with Crippen molar-refractivity contribution in [3.8, 4) is 0 Å². The fraction of sp³-hybridized carbons (Fsp3) is 0.300. The molecule has 0 radical (unpaired) electrons. The van der Waals surface area contributed by atoms with Gasteiger partial charge in [-0.15, -0.1) is 0 Å². The SMILES string of the molecule is O=C(CC1NC(=O)N(CCc2cccc(F)c2)C1=O)NCCc1ccccn1. The third-order valence-electron chi connectivity index (χ3n) is 4.44. The van der Waals surface area contributed by atoms with Gasteiger partial charge in [0.05, 0.1) is 6.42 Å². The number of pyridine rings is 1. The zero-order valence-electron chi connectivity index (χ0n) is 15.2. The minimum Gasteiger partial charge on any atom is -0.356 e. The third-order valence-corrected chi connectivity index (χ3v) is 4.44. The van der Waals surface area contributed by atoms with Crippen molar-refractivity contribution in [3.05, 3.63) is 65.7 Å². The minimum atomic E-state index is -0.880. The van der Waals surface area contributed by atoms with Crippen molar-refractivity contribution in [1.29, 1.82) is 0 Å². The van der Waals surface area contributed by atoms with Crippen molar-refractivity contribution >= 4 is 17.8 Å². The summed E-state index contributed by atoms with van der Waals surface area (Å²) < 4.78 is 13.2. The van der Waals surface area contributed by atoms with Gasteiger partial charge in [0.2, 0.25) is 5.91 Å². The van der Waals surface area contributed by atoms with Crippen molar-refractivity contribution in [2.45, 2.75) is 25.3 Å². The Bertz CT molecular complexity index is 860.